The number of aromatic amines is 1. The molecule has 3 rings (SSSR count). The van der Waals surface area contributed by atoms with Crippen LogP contribution in [0.1, 0.15) is 35.3 Å². The van der Waals surface area contributed by atoms with Gasteiger partial charge in [-0.1, -0.05) is 12.1 Å². The van der Waals surface area contributed by atoms with Crippen LogP contribution in [0.15, 0.2) is 45.9 Å². The fourth-order valence-electron chi connectivity index (χ4n) is 2.34. The smallest absolute Gasteiger partial charge is 0.286 e. The van der Waals surface area contributed by atoms with E-state index in [4.69, 9.17) is 0 Å². The van der Waals surface area contributed by atoms with Crippen LogP contribution < -0.4 is 15.6 Å². The van der Waals surface area contributed by atoms with Crippen LogP contribution in [0.4, 0.5) is 0 Å². The third-order valence-corrected chi connectivity index (χ3v) is 5.98. The number of hydrogen-bond donors (Lipinski definition) is 4. The average Bonchev–Trinajstić information content (AvgIpc) is 3.34. The second-order valence-corrected chi connectivity index (χ2v) is 8.90. The minimum absolute atomic E-state index is 0.0562. The van der Waals surface area contributed by atoms with E-state index in [9.17, 15) is 18.0 Å². The maximum atomic E-state index is 12.1. The number of carbonyl (C=O) groups is 2. The van der Waals surface area contributed by atoms with Gasteiger partial charge in [-0.25, -0.2) is 13.1 Å². The lowest BCUT2D eigenvalue weighted by molar-refractivity contribution is -0.121. The first kappa shape index (κ1) is 19.6. The zero-order valence-corrected chi connectivity index (χ0v) is 16.7. The Morgan fingerprint density at radius 1 is 1.15 bits per heavy atom. The first-order valence-electron chi connectivity index (χ1n) is 8.38. The summed E-state index contributed by atoms with van der Waals surface area (Å²) in [5.41, 5.74) is 5.82. The Labute approximate surface area is 165 Å². The molecule has 1 aromatic heterocycles. The van der Waals surface area contributed by atoms with Crippen molar-refractivity contribution in [1.29, 1.82) is 0 Å². The lowest BCUT2D eigenvalue weighted by atomic mass is 10.1. The summed E-state index contributed by atoms with van der Waals surface area (Å²) in [7, 11) is -3.47. The van der Waals surface area contributed by atoms with E-state index in [1.807, 2.05) is 0 Å². The molecule has 0 radical (unpaired) electrons. The van der Waals surface area contributed by atoms with Gasteiger partial charge in [0.05, 0.1) is 4.90 Å². The minimum atomic E-state index is -3.47. The van der Waals surface area contributed by atoms with Crippen LogP contribution in [0.2, 0.25) is 0 Å². The molecule has 1 saturated carbocycles. The maximum absolute atomic E-state index is 12.1. The van der Waals surface area contributed by atoms with Gasteiger partial charge in [0.2, 0.25) is 15.9 Å². The summed E-state index contributed by atoms with van der Waals surface area (Å²) in [6.45, 7) is 0. The molecule has 2 aromatic rings. The zero-order valence-electron chi connectivity index (χ0n) is 14.3. The van der Waals surface area contributed by atoms with Crippen LogP contribution >= 0.6 is 15.9 Å². The van der Waals surface area contributed by atoms with Gasteiger partial charge in [-0.05, 0) is 59.0 Å². The van der Waals surface area contributed by atoms with Gasteiger partial charge in [0, 0.05) is 23.1 Å². The monoisotopic (exact) mass is 454 g/mol. The number of amides is 2. The van der Waals surface area contributed by atoms with Gasteiger partial charge < -0.3 is 4.98 Å². The highest BCUT2D eigenvalue weighted by atomic mass is 79.9. The number of aromatic nitrogens is 1. The van der Waals surface area contributed by atoms with Gasteiger partial charge in [0.25, 0.3) is 5.91 Å². The van der Waals surface area contributed by atoms with Crippen molar-refractivity contribution in [3.63, 3.8) is 0 Å². The number of hydrazine groups is 1. The number of hydrogen-bond acceptors (Lipinski definition) is 4. The van der Waals surface area contributed by atoms with Crippen LogP contribution in [-0.4, -0.2) is 31.3 Å². The molecule has 0 saturated heterocycles. The van der Waals surface area contributed by atoms with Crippen molar-refractivity contribution in [1.82, 2.24) is 20.6 Å². The highest BCUT2D eigenvalue weighted by Gasteiger charge is 2.27. The fraction of sp³-hybridized carbons (Fsp3) is 0.294. The van der Waals surface area contributed by atoms with E-state index in [1.165, 1.54) is 12.1 Å². The molecule has 0 atom stereocenters. The lowest BCUT2D eigenvalue weighted by Gasteiger charge is -2.08. The second kappa shape index (κ2) is 8.24. The highest BCUT2D eigenvalue weighted by molar-refractivity contribution is 9.10. The Bertz CT molecular complexity index is 936. The van der Waals surface area contributed by atoms with E-state index in [0.717, 1.165) is 22.9 Å². The molecule has 1 aromatic carbocycles. The zero-order chi connectivity index (χ0) is 19.4. The molecule has 2 amide bonds. The predicted octanol–water partition coefficient (Wildman–Crippen LogP) is 1.61. The van der Waals surface area contributed by atoms with Crippen LogP contribution in [0.3, 0.4) is 0 Å². The third-order valence-electron chi connectivity index (χ3n) is 3.98. The summed E-state index contributed by atoms with van der Waals surface area (Å²) in [5.74, 6) is -0.798. The second-order valence-electron chi connectivity index (χ2n) is 6.27. The normalized spacial score (nSPS) is 14.0. The van der Waals surface area contributed by atoms with Crippen molar-refractivity contribution >= 4 is 37.8 Å². The molecule has 4 N–H and O–H groups in total. The van der Waals surface area contributed by atoms with Gasteiger partial charge in [0.1, 0.15) is 5.69 Å². The Hall–Kier alpha value is -2.17. The molecule has 144 valence electrons. The summed E-state index contributed by atoms with van der Waals surface area (Å²) >= 11 is 3.22. The van der Waals surface area contributed by atoms with E-state index in [1.54, 1.807) is 24.4 Å². The van der Waals surface area contributed by atoms with Crippen LogP contribution in [0.25, 0.3) is 0 Å². The van der Waals surface area contributed by atoms with Gasteiger partial charge in [0.15, 0.2) is 0 Å². The molecule has 0 aliphatic heterocycles. The summed E-state index contributed by atoms with van der Waals surface area (Å²) in [6.07, 6.45) is 3.95. The van der Waals surface area contributed by atoms with Crippen molar-refractivity contribution in [3.8, 4) is 0 Å². The Kier molecular flexibility index (Phi) is 5.98. The predicted molar refractivity (Wildman–Crippen MR) is 102 cm³/mol. The molecule has 0 bridgehead atoms. The molecule has 1 heterocycles. The Morgan fingerprint density at radius 2 is 1.85 bits per heavy atom. The molecule has 1 aliphatic carbocycles. The lowest BCUT2D eigenvalue weighted by Crippen LogP contribution is -2.41. The Balaban J connectivity index is 1.45. The van der Waals surface area contributed by atoms with Crippen molar-refractivity contribution in [2.24, 2.45) is 0 Å². The van der Waals surface area contributed by atoms with E-state index in [-0.39, 0.29) is 23.3 Å². The molecule has 1 fully saturated rings. The molecule has 0 unspecified atom stereocenters. The van der Waals surface area contributed by atoms with Crippen LogP contribution in [-0.2, 0) is 21.2 Å². The summed E-state index contributed by atoms with van der Waals surface area (Å²) in [4.78, 5) is 26.6. The number of aryl methyl sites for hydroxylation is 1. The number of halogens is 1. The standard InChI is InChI=1S/C17H19BrN4O4S/c18-12-9-15(19-10-12)17(24)21-20-16(23)8-3-11-1-6-14(7-2-11)27(25,26)22-13-4-5-13/h1-2,6-7,9-10,13,19,22H,3-5,8H2,(H,20,23)(H,21,24). The first-order chi connectivity index (χ1) is 12.8. The molecule has 10 heteroatoms. The summed E-state index contributed by atoms with van der Waals surface area (Å²) in [6, 6.07) is 8.08. The fourth-order valence-corrected chi connectivity index (χ4v) is 3.99. The van der Waals surface area contributed by atoms with Gasteiger partial charge >= 0.3 is 0 Å². The number of benzene rings is 1. The van der Waals surface area contributed by atoms with E-state index in [2.05, 4.69) is 36.5 Å². The van der Waals surface area contributed by atoms with E-state index < -0.39 is 15.9 Å². The van der Waals surface area contributed by atoms with Crippen molar-refractivity contribution in [2.45, 2.75) is 36.6 Å². The van der Waals surface area contributed by atoms with Gasteiger partial charge in [-0.3, -0.25) is 20.4 Å². The van der Waals surface area contributed by atoms with Crippen LogP contribution in [0.5, 0.6) is 0 Å². The van der Waals surface area contributed by atoms with Crippen molar-refractivity contribution in [2.75, 3.05) is 0 Å². The number of sulfonamides is 1. The number of rotatable bonds is 7. The summed E-state index contributed by atoms with van der Waals surface area (Å²) < 4.78 is 27.6. The quantitative estimate of drug-likeness (QED) is 0.474. The largest absolute Gasteiger partial charge is 0.356 e. The number of H-pyrrole nitrogens is 1. The molecule has 0 spiro atoms. The highest BCUT2D eigenvalue weighted by Crippen LogP contribution is 2.22. The van der Waals surface area contributed by atoms with Crippen molar-refractivity contribution < 1.29 is 18.0 Å². The molecule has 8 nitrogen and oxygen atoms in total. The first-order valence-corrected chi connectivity index (χ1v) is 10.7. The SMILES string of the molecule is O=C(CCc1ccc(S(=O)(=O)NC2CC2)cc1)NNC(=O)c1cc(Br)c[nH]1. The number of nitrogens with one attached hydrogen (secondary N) is 4. The van der Waals surface area contributed by atoms with E-state index in [0.29, 0.717) is 12.1 Å². The summed E-state index contributed by atoms with van der Waals surface area (Å²) in [5, 5.41) is 0. The van der Waals surface area contributed by atoms with Gasteiger partial charge in [-0.15, -0.1) is 0 Å². The maximum Gasteiger partial charge on any atom is 0.286 e. The third kappa shape index (κ3) is 5.65. The Morgan fingerprint density at radius 3 is 2.44 bits per heavy atom. The molecule has 1 aliphatic rings. The van der Waals surface area contributed by atoms with Crippen LogP contribution in [0, 0.1) is 0 Å². The molecular weight excluding hydrogens is 436 g/mol. The molecular formula is C17H19BrN4O4S. The van der Waals surface area contributed by atoms with E-state index >= 15 is 0 Å². The number of carbonyl (C=O) groups excluding carboxylic acids is 2. The topological polar surface area (TPSA) is 120 Å². The molecule has 27 heavy (non-hydrogen) atoms. The van der Waals surface area contributed by atoms with Crippen molar-refractivity contribution in [3.05, 3.63) is 52.3 Å². The minimum Gasteiger partial charge on any atom is -0.356 e. The average molecular weight is 455 g/mol. The van der Waals surface area contributed by atoms with Gasteiger partial charge in [-0.2, -0.15) is 0 Å².